The maximum atomic E-state index is 13.7. The molecule has 0 atom stereocenters. The van der Waals surface area contributed by atoms with E-state index in [-0.39, 0.29) is 11.5 Å². The lowest BCUT2D eigenvalue weighted by Crippen LogP contribution is -2.14. The number of rotatable bonds is 3. The van der Waals surface area contributed by atoms with Crippen LogP contribution in [0.15, 0.2) is 72.8 Å². The summed E-state index contributed by atoms with van der Waals surface area (Å²) >= 11 is 5.65. The summed E-state index contributed by atoms with van der Waals surface area (Å²) in [6.07, 6.45) is 1.59. The lowest BCUT2D eigenvalue weighted by atomic mass is 9.81. The van der Waals surface area contributed by atoms with Crippen molar-refractivity contribution in [3.63, 3.8) is 0 Å². The number of ether oxygens (including phenoxy) is 1. The Kier molecular flexibility index (Phi) is 4.42. The van der Waals surface area contributed by atoms with Crippen LogP contribution in [-0.4, -0.2) is 17.8 Å². The molecule has 0 saturated carbocycles. The molecule has 0 saturated heterocycles. The summed E-state index contributed by atoms with van der Waals surface area (Å²) < 4.78 is 18.7. The highest BCUT2D eigenvalue weighted by atomic mass is 32.1. The third kappa shape index (κ3) is 2.98. The van der Waals surface area contributed by atoms with Crippen LogP contribution < -0.4 is 4.74 Å². The number of hydrogen-bond donors (Lipinski definition) is 0. The monoisotopic (exact) mass is 374 g/mol. The Labute approximate surface area is 161 Å². The molecular weight excluding hydrogens is 359 g/mol. The number of hydrogen-bond acceptors (Lipinski definition) is 3. The number of thiocarbonyl (C=S) groups is 1. The first-order valence-electron chi connectivity index (χ1n) is 8.43. The van der Waals surface area contributed by atoms with Gasteiger partial charge in [-0.15, -0.1) is 0 Å². The van der Waals surface area contributed by atoms with Crippen molar-refractivity contribution in [1.82, 2.24) is 0 Å². The summed E-state index contributed by atoms with van der Waals surface area (Å²) in [5.74, 6) is -0.675. The Morgan fingerprint density at radius 3 is 2.04 bits per heavy atom. The average Bonchev–Trinajstić information content (AvgIpc) is 2.71. The second-order valence-corrected chi connectivity index (χ2v) is 6.60. The van der Waals surface area contributed by atoms with Crippen LogP contribution in [0.5, 0.6) is 5.75 Å². The highest BCUT2D eigenvalue weighted by molar-refractivity contribution is 7.81. The van der Waals surface area contributed by atoms with Gasteiger partial charge in [-0.2, -0.15) is 0 Å². The van der Waals surface area contributed by atoms with Gasteiger partial charge in [0.1, 0.15) is 0 Å². The molecule has 0 N–H and O–H groups in total. The first-order valence-corrected chi connectivity index (χ1v) is 8.84. The Morgan fingerprint density at radius 2 is 1.48 bits per heavy atom. The average molecular weight is 374 g/mol. The fourth-order valence-corrected chi connectivity index (χ4v) is 3.66. The molecule has 0 fully saturated rings. The fraction of sp³-hybridized carbons (Fsp3) is 0.0435. The van der Waals surface area contributed by atoms with Crippen LogP contribution in [0, 0.1) is 5.82 Å². The molecule has 27 heavy (non-hydrogen) atoms. The minimum Gasteiger partial charge on any atom is -0.494 e. The van der Waals surface area contributed by atoms with Crippen LogP contribution in [0.4, 0.5) is 4.39 Å². The van der Waals surface area contributed by atoms with Gasteiger partial charge in [0.15, 0.2) is 17.3 Å². The van der Waals surface area contributed by atoms with E-state index in [0.29, 0.717) is 5.56 Å². The van der Waals surface area contributed by atoms with E-state index in [1.807, 2.05) is 48.5 Å². The van der Waals surface area contributed by atoms with Gasteiger partial charge in [0.05, 0.1) is 12.0 Å². The summed E-state index contributed by atoms with van der Waals surface area (Å²) in [7, 11) is 1.37. The number of allylic oxidation sites excluding steroid dienone is 1. The fourth-order valence-electron chi connectivity index (χ4n) is 3.31. The van der Waals surface area contributed by atoms with Crippen molar-refractivity contribution in [2.24, 2.45) is 0 Å². The first-order chi connectivity index (χ1) is 13.1. The molecule has 0 heterocycles. The van der Waals surface area contributed by atoms with E-state index < -0.39 is 5.82 Å². The molecule has 0 aromatic heterocycles. The number of ketones is 1. The van der Waals surface area contributed by atoms with Crippen molar-refractivity contribution in [3.8, 4) is 5.75 Å². The van der Waals surface area contributed by atoms with E-state index in [1.54, 1.807) is 6.08 Å². The third-order valence-corrected chi connectivity index (χ3v) is 5.07. The predicted molar refractivity (Wildman–Crippen MR) is 108 cm³/mol. The summed E-state index contributed by atoms with van der Waals surface area (Å²) in [6.45, 7) is 0. The van der Waals surface area contributed by atoms with Crippen LogP contribution >= 0.6 is 12.2 Å². The van der Waals surface area contributed by atoms with Crippen molar-refractivity contribution in [2.45, 2.75) is 0 Å². The molecule has 0 aliphatic heterocycles. The van der Waals surface area contributed by atoms with Gasteiger partial charge < -0.3 is 4.74 Å². The second kappa shape index (κ2) is 6.89. The Balaban J connectivity index is 1.87. The smallest absolute Gasteiger partial charge is 0.186 e. The van der Waals surface area contributed by atoms with Crippen LogP contribution in [0.3, 0.4) is 0 Å². The number of benzene rings is 3. The molecule has 0 bridgehead atoms. The van der Waals surface area contributed by atoms with Gasteiger partial charge >= 0.3 is 0 Å². The van der Waals surface area contributed by atoms with Gasteiger partial charge in [-0.3, -0.25) is 4.79 Å². The molecule has 0 radical (unpaired) electrons. The van der Waals surface area contributed by atoms with Gasteiger partial charge in [0.2, 0.25) is 0 Å². The predicted octanol–water partition coefficient (Wildman–Crippen LogP) is 5.23. The van der Waals surface area contributed by atoms with Crippen molar-refractivity contribution in [3.05, 3.63) is 106 Å². The van der Waals surface area contributed by atoms with Gasteiger partial charge in [-0.05, 0) is 41.0 Å². The molecule has 0 spiro atoms. The summed E-state index contributed by atoms with van der Waals surface area (Å²) in [4.78, 5) is 13.7. The number of fused-ring (bicyclic) bond motifs is 2. The number of carbonyl (C=O) groups excluding carboxylic acids is 1. The van der Waals surface area contributed by atoms with Gasteiger partial charge in [-0.25, -0.2) is 4.39 Å². The van der Waals surface area contributed by atoms with Crippen LogP contribution in [0.1, 0.15) is 32.6 Å². The largest absolute Gasteiger partial charge is 0.494 e. The molecule has 4 rings (SSSR count). The SMILES string of the molecule is COc1cc(C(=O)C=C2c3ccccc3C(=S)c3ccccc32)ccc1F. The third-order valence-electron chi connectivity index (χ3n) is 4.63. The van der Waals surface area contributed by atoms with Crippen molar-refractivity contribution in [2.75, 3.05) is 7.11 Å². The minimum atomic E-state index is -0.500. The molecule has 1 aliphatic carbocycles. The maximum absolute atomic E-state index is 13.7. The summed E-state index contributed by atoms with van der Waals surface area (Å²) in [5, 5.41) is 0. The van der Waals surface area contributed by atoms with E-state index in [2.05, 4.69) is 0 Å². The molecule has 4 heteroatoms. The second-order valence-electron chi connectivity index (χ2n) is 6.19. The van der Waals surface area contributed by atoms with Crippen molar-refractivity contribution in [1.29, 1.82) is 0 Å². The Morgan fingerprint density at radius 1 is 0.926 bits per heavy atom. The van der Waals surface area contributed by atoms with Crippen LogP contribution in [0.2, 0.25) is 0 Å². The minimum absolute atomic E-state index is 0.0462. The Hall–Kier alpha value is -3.11. The highest BCUT2D eigenvalue weighted by Crippen LogP contribution is 2.36. The van der Waals surface area contributed by atoms with Crippen LogP contribution in [0.25, 0.3) is 5.57 Å². The zero-order chi connectivity index (χ0) is 19.0. The molecule has 3 aromatic carbocycles. The van der Waals surface area contributed by atoms with E-state index >= 15 is 0 Å². The lowest BCUT2D eigenvalue weighted by molar-refractivity contribution is 0.104. The van der Waals surface area contributed by atoms with Crippen LogP contribution in [-0.2, 0) is 0 Å². The van der Waals surface area contributed by atoms with E-state index in [1.165, 1.54) is 25.3 Å². The standard InChI is InChI=1S/C23H15FO2S/c1-26-22-12-14(10-11-20(22)24)21(25)13-19-15-6-2-4-8-17(15)23(27)18-9-5-3-7-16(18)19/h2-13H,1H3. The molecule has 1 aliphatic rings. The number of methoxy groups -OCH3 is 1. The van der Waals surface area contributed by atoms with E-state index in [9.17, 15) is 9.18 Å². The molecule has 3 aromatic rings. The van der Waals surface area contributed by atoms with Gasteiger partial charge in [0, 0.05) is 16.7 Å². The summed E-state index contributed by atoms with van der Waals surface area (Å²) in [5.41, 5.74) is 4.88. The maximum Gasteiger partial charge on any atom is 0.186 e. The molecule has 2 nitrogen and oxygen atoms in total. The van der Waals surface area contributed by atoms with Crippen molar-refractivity contribution < 1.29 is 13.9 Å². The number of carbonyl (C=O) groups is 1. The van der Waals surface area contributed by atoms with E-state index in [0.717, 1.165) is 32.7 Å². The lowest BCUT2D eigenvalue weighted by Gasteiger charge is -2.23. The molecular formula is C23H15FO2S. The van der Waals surface area contributed by atoms with Gasteiger partial charge in [-0.1, -0.05) is 60.7 Å². The summed E-state index contributed by atoms with van der Waals surface area (Å²) in [6, 6.07) is 19.7. The highest BCUT2D eigenvalue weighted by Gasteiger charge is 2.24. The molecule has 132 valence electrons. The molecule has 0 unspecified atom stereocenters. The normalized spacial score (nSPS) is 12.2. The van der Waals surface area contributed by atoms with Gasteiger partial charge in [0.25, 0.3) is 0 Å². The number of halogens is 1. The first kappa shape index (κ1) is 17.3. The quantitative estimate of drug-likeness (QED) is 0.279. The zero-order valence-corrected chi connectivity index (χ0v) is 15.3. The van der Waals surface area contributed by atoms with E-state index in [4.69, 9.17) is 17.0 Å². The Bertz CT molecular complexity index is 1060. The topological polar surface area (TPSA) is 26.3 Å². The molecule has 0 amide bonds. The van der Waals surface area contributed by atoms with Crippen molar-refractivity contribution >= 4 is 28.4 Å². The zero-order valence-electron chi connectivity index (χ0n) is 14.5.